The minimum absolute atomic E-state index is 0. The number of hydrogen-bond donors (Lipinski definition) is 2. The lowest BCUT2D eigenvalue weighted by Gasteiger charge is -2.03. The third-order valence-electron chi connectivity index (χ3n) is 1.40. The zero-order valence-electron chi connectivity index (χ0n) is 6.59. The highest BCUT2D eigenvalue weighted by atomic mass is 35.5. The van der Waals surface area contributed by atoms with Gasteiger partial charge in [-0.25, -0.2) is 0 Å². The molecule has 0 spiro atoms. The van der Waals surface area contributed by atoms with E-state index in [-0.39, 0.29) is 12.4 Å². The minimum atomic E-state index is 0. The van der Waals surface area contributed by atoms with Crippen LogP contribution in [0.25, 0.3) is 0 Å². The van der Waals surface area contributed by atoms with Gasteiger partial charge in [0.15, 0.2) is 0 Å². The molecule has 0 aliphatic heterocycles. The first-order valence-corrected chi connectivity index (χ1v) is 3.14. The van der Waals surface area contributed by atoms with Crippen LogP contribution in [0.1, 0.15) is 11.3 Å². The summed E-state index contributed by atoms with van der Waals surface area (Å²) in [7, 11) is 0. The van der Waals surface area contributed by atoms with Gasteiger partial charge in [-0.15, -0.1) is 12.4 Å². The van der Waals surface area contributed by atoms with Gasteiger partial charge in [0.1, 0.15) is 0 Å². The summed E-state index contributed by atoms with van der Waals surface area (Å²) in [5.41, 5.74) is 5.57. The molecule has 0 radical (unpaired) electrons. The van der Waals surface area contributed by atoms with Crippen molar-refractivity contribution in [2.45, 2.75) is 13.8 Å². The first kappa shape index (κ1) is 10.2. The third-order valence-corrected chi connectivity index (χ3v) is 1.40. The number of nitrogens with two attached hydrogens (primary N) is 1. The molecule has 0 aromatic carbocycles. The summed E-state index contributed by atoms with van der Waals surface area (Å²) < 4.78 is 0. The van der Waals surface area contributed by atoms with Crippen LogP contribution in [0, 0.1) is 13.8 Å². The Balaban J connectivity index is 0.000001000. The summed E-state index contributed by atoms with van der Waals surface area (Å²) in [6.45, 7) is 3.94. The Hall–Kier alpha value is -0.800. The van der Waals surface area contributed by atoms with Gasteiger partial charge in [0, 0.05) is 5.69 Å². The van der Waals surface area contributed by atoms with Crippen LogP contribution in [0.3, 0.4) is 0 Å². The van der Waals surface area contributed by atoms with Gasteiger partial charge in [-0.3, -0.25) is 10.8 Å². The van der Waals surface area contributed by atoms with Crippen LogP contribution < -0.4 is 11.3 Å². The van der Waals surface area contributed by atoms with Gasteiger partial charge >= 0.3 is 0 Å². The van der Waals surface area contributed by atoms with Gasteiger partial charge in [0.25, 0.3) is 0 Å². The number of halogens is 1. The summed E-state index contributed by atoms with van der Waals surface area (Å²) in [6.07, 6.45) is 1.73. The molecule has 0 bridgehead atoms. The number of nitrogens with one attached hydrogen (secondary N) is 1. The standard InChI is InChI=1S/C7H11N3.ClH/c1-5-3-6(2)9-4-7(5)10-8;/h3-4,10H,8H2,1-2H3;1H. The molecule has 0 amide bonds. The molecule has 1 aromatic rings. The molecule has 0 atom stereocenters. The van der Waals surface area contributed by atoms with Crippen molar-refractivity contribution < 1.29 is 0 Å². The number of pyridine rings is 1. The quantitative estimate of drug-likeness (QED) is 0.499. The average molecular weight is 174 g/mol. The smallest absolute Gasteiger partial charge is 0.0698 e. The van der Waals surface area contributed by atoms with E-state index in [0.29, 0.717) is 0 Å². The van der Waals surface area contributed by atoms with E-state index < -0.39 is 0 Å². The number of nitrogen functional groups attached to an aromatic ring is 1. The predicted octanol–water partition coefficient (Wildman–Crippen LogP) is 1.41. The predicted molar refractivity (Wildman–Crippen MR) is 48.8 cm³/mol. The van der Waals surface area contributed by atoms with Crippen LogP contribution in [-0.4, -0.2) is 4.98 Å². The molecule has 11 heavy (non-hydrogen) atoms. The number of hydrazine groups is 1. The molecule has 0 saturated heterocycles. The number of nitrogens with zero attached hydrogens (tertiary/aromatic N) is 1. The van der Waals surface area contributed by atoms with Gasteiger partial charge in [0.05, 0.1) is 11.9 Å². The molecular formula is C7H12ClN3. The molecule has 3 N–H and O–H groups in total. The van der Waals surface area contributed by atoms with Crippen LogP contribution in [0.5, 0.6) is 0 Å². The maximum Gasteiger partial charge on any atom is 0.0698 e. The first-order valence-electron chi connectivity index (χ1n) is 3.14. The fourth-order valence-electron chi connectivity index (χ4n) is 0.848. The van der Waals surface area contributed by atoms with Crippen LogP contribution in [0.4, 0.5) is 5.69 Å². The number of aromatic nitrogens is 1. The maximum atomic E-state index is 5.21. The molecule has 1 rings (SSSR count). The average Bonchev–Trinajstić information content (AvgIpc) is 1.88. The number of aryl methyl sites for hydroxylation is 2. The summed E-state index contributed by atoms with van der Waals surface area (Å²) in [4.78, 5) is 4.07. The Morgan fingerprint density at radius 3 is 2.55 bits per heavy atom. The molecule has 1 aromatic heterocycles. The van der Waals surface area contributed by atoms with Crippen LogP contribution in [-0.2, 0) is 0 Å². The fraction of sp³-hybridized carbons (Fsp3) is 0.286. The fourth-order valence-corrected chi connectivity index (χ4v) is 0.848. The summed E-state index contributed by atoms with van der Waals surface area (Å²) >= 11 is 0. The maximum absolute atomic E-state index is 5.21. The minimum Gasteiger partial charge on any atom is -0.322 e. The summed E-state index contributed by atoms with van der Waals surface area (Å²) in [5.74, 6) is 5.21. The van der Waals surface area contributed by atoms with Crippen molar-refractivity contribution >= 4 is 18.1 Å². The van der Waals surface area contributed by atoms with Crippen LogP contribution in [0.2, 0.25) is 0 Å². The highest BCUT2D eigenvalue weighted by Crippen LogP contribution is 2.11. The van der Waals surface area contributed by atoms with E-state index in [0.717, 1.165) is 16.9 Å². The molecule has 4 heteroatoms. The number of rotatable bonds is 1. The summed E-state index contributed by atoms with van der Waals surface area (Å²) in [5, 5.41) is 0. The van der Waals surface area contributed by atoms with E-state index in [1.165, 1.54) is 0 Å². The highest BCUT2D eigenvalue weighted by Gasteiger charge is 1.94. The van der Waals surface area contributed by atoms with Crippen molar-refractivity contribution in [1.29, 1.82) is 0 Å². The first-order chi connectivity index (χ1) is 4.74. The molecule has 0 unspecified atom stereocenters. The van der Waals surface area contributed by atoms with E-state index in [1.54, 1.807) is 6.20 Å². The SMILES string of the molecule is Cc1cc(C)c(NN)cn1.Cl. The van der Waals surface area contributed by atoms with Crippen molar-refractivity contribution in [3.8, 4) is 0 Å². The lowest BCUT2D eigenvalue weighted by Crippen LogP contribution is -2.08. The van der Waals surface area contributed by atoms with Gasteiger partial charge in [0.2, 0.25) is 0 Å². The molecular weight excluding hydrogens is 162 g/mol. The van der Waals surface area contributed by atoms with Crippen LogP contribution in [0.15, 0.2) is 12.3 Å². The zero-order valence-corrected chi connectivity index (χ0v) is 7.40. The van der Waals surface area contributed by atoms with Crippen molar-refractivity contribution in [2.24, 2.45) is 5.84 Å². The lowest BCUT2D eigenvalue weighted by molar-refractivity contribution is 1.16. The van der Waals surface area contributed by atoms with Crippen molar-refractivity contribution in [1.82, 2.24) is 4.98 Å². The van der Waals surface area contributed by atoms with Gasteiger partial charge in [-0.1, -0.05) is 0 Å². The highest BCUT2D eigenvalue weighted by molar-refractivity contribution is 5.85. The van der Waals surface area contributed by atoms with E-state index in [1.807, 2.05) is 19.9 Å². The topological polar surface area (TPSA) is 50.9 Å². The molecule has 0 saturated carbocycles. The monoisotopic (exact) mass is 173 g/mol. The number of anilines is 1. The summed E-state index contributed by atoms with van der Waals surface area (Å²) in [6, 6.07) is 1.98. The van der Waals surface area contributed by atoms with Crippen molar-refractivity contribution in [3.63, 3.8) is 0 Å². The second kappa shape index (κ2) is 4.16. The largest absolute Gasteiger partial charge is 0.322 e. The van der Waals surface area contributed by atoms with Crippen molar-refractivity contribution in [2.75, 3.05) is 5.43 Å². The van der Waals surface area contributed by atoms with Gasteiger partial charge in [-0.2, -0.15) is 0 Å². The Kier molecular flexibility index (Phi) is 3.85. The van der Waals surface area contributed by atoms with E-state index >= 15 is 0 Å². The van der Waals surface area contributed by atoms with Gasteiger partial charge < -0.3 is 5.43 Å². The van der Waals surface area contributed by atoms with Crippen LogP contribution >= 0.6 is 12.4 Å². The van der Waals surface area contributed by atoms with Gasteiger partial charge in [-0.05, 0) is 25.5 Å². The Labute approximate surface area is 72.4 Å². The Morgan fingerprint density at radius 1 is 1.45 bits per heavy atom. The molecule has 0 fully saturated rings. The van der Waals surface area contributed by atoms with E-state index in [9.17, 15) is 0 Å². The third kappa shape index (κ3) is 2.37. The Bertz CT molecular complexity index is 237. The second-order valence-electron chi connectivity index (χ2n) is 2.28. The Morgan fingerprint density at radius 2 is 2.09 bits per heavy atom. The lowest BCUT2D eigenvalue weighted by atomic mass is 10.2. The molecule has 0 aliphatic rings. The van der Waals surface area contributed by atoms with E-state index in [4.69, 9.17) is 5.84 Å². The molecule has 0 aliphatic carbocycles. The second-order valence-corrected chi connectivity index (χ2v) is 2.28. The van der Waals surface area contributed by atoms with E-state index in [2.05, 4.69) is 10.4 Å². The molecule has 1 heterocycles. The molecule has 3 nitrogen and oxygen atoms in total. The van der Waals surface area contributed by atoms with Crippen molar-refractivity contribution in [3.05, 3.63) is 23.5 Å². The molecule has 62 valence electrons. The number of hydrogen-bond acceptors (Lipinski definition) is 3. The zero-order chi connectivity index (χ0) is 7.56. The normalized spacial score (nSPS) is 8.64.